The minimum Gasteiger partial charge on any atom is -0.470 e. The van der Waals surface area contributed by atoms with Crippen molar-refractivity contribution >= 4 is 34.6 Å². The molecule has 0 saturated heterocycles. The molecule has 0 aliphatic heterocycles. The molecule has 0 aliphatic carbocycles. The van der Waals surface area contributed by atoms with Crippen LogP contribution in [0.4, 0.5) is 17.1 Å². The number of hydrogen-bond acceptors (Lipinski definition) is 3. The molecule has 188 valence electrons. The SMILES string of the molecule is C=Nc1c(OCN(c2ccc(-c3ccccc3)cc2)c2ccccc2-c2ccccc2)ccc2ccccc12. The molecule has 0 bridgehead atoms. The molecule has 0 aliphatic rings. The Bertz CT molecular complexity index is 1710. The number of fused-ring (bicyclic) bond motifs is 1. The molecule has 0 radical (unpaired) electrons. The van der Waals surface area contributed by atoms with Gasteiger partial charge < -0.3 is 9.64 Å². The fourth-order valence-corrected chi connectivity index (χ4v) is 4.97. The molecule has 0 fully saturated rings. The third-order valence-electron chi connectivity index (χ3n) is 6.94. The van der Waals surface area contributed by atoms with E-state index in [1.165, 1.54) is 11.1 Å². The van der Waals surface area contributed by atoms with Gasteiger partial charge in [0.2, 0.25) is 0 Å². The zero-order valence-corrected chi connectivity index (χ0v) is 21.6. The number of nitrogens with zero attached hydrogens (tertiary/aromatic N) is 2. The molecular weight excluding hydrogens is 476 g/mol. The van der Waals surface area contributed by atoms with Gasteiger partial charge in [0.15, 0.2) is 6.73 Å². The van der Waals surface area contributed by atoms with E-state index in [4.69, 9.17) is 4.74 Å². The quantitative estimate of drug-likeness (QED) is 0.152. The molecule has 3 nitrogen and oxygen atoms in total. The second kappa shape index (κ2) is 11.1. The zero-order chi connectivity index (χ0) is 26.4. The average molecular weight is 505 g/mol. The first-order chi connectivity index (χ1) is 19.3. The molecule has 0 unspecified atom stereocenters. The van der Waals surface area contributed by atoms with Crippen molar-refractivity contribution in [3.8, 4) is 28.0 Å². The van der Waals surface area contributed by atoms with Crippen molar-refractivity contribution in [2.24, 2.45) is 4.99 Å². The van der Waals surface area contributed by atoms with Crippen LogP contribution in [0, 0.1) is 0 Å². The number of benzene rings is 6. The summed E-state index contributed by atoms with van der Waals surface area (Å²) in [6.07, 6.45) is 0. The molecule has 39 heavy (non-hydrogen) atoms. The van der Waals surface area contributed by atoms with E-state index in [0.717, 1.165) is 39.0 Å². The van der Waals surface area contributed by atoms with Crippen LogP contribution in [0.2, 0.25) is 0 Å². The molecule has 6 aromatic rings. The van der Waals surface area contributed by atoms with Gasteiger partial charge in [-0.15, -0.1) is 0 Å². The number of para-hydroxylation sites is 1. The van der Waals surface area contributed by atoms with E-state index < -0.39 is 0 Å². The van der Waals surface area contributed by atoms with Gasteiger partial charge in [0.25, 0.3) is 0 Å². The summed E-state index contributed by atoms with van der Waals surface area (Å²) in [5.41, 5.74) is 7.49. The number of hydrogen-bond donors (Lipinski definition) is 0. The highest BCUT2D eigenvalue weighted by molar-refractivity contribution is 5.96. The smallest absolute Gasteiger partial charge is 0.165 e. The van der Waals surface area contributed by atoms with E-state index >= 15 is 0 Å². The zero-order valence-electron chi connectivity index (χ0n) is 21.6. The van der Waals surface area contributed by atoms with Gasteiger partial charge in [-0.1, -0.05) is 121 Å². The topological polar surface area (TPSA) is 24.8 Å². The first kappa shape index (κ1) is 24.2. The normalized spacial score (nSPS) is 10.8. The van der Waals surface area contributed by atoms with E-state index in [1.54, 1.807) is 0 Å². The molecule has 6 rings (SSSR count). The Morgan fingerprint density at radius 2 is 1.18 bits per heavy atom. The van der Waals surface area contributed by atoms with Gasteiger partial charge >= 0.3 is 0 Å². The first-order valence-electron chi connectivity index (χ1n) is 13.0. The van der Waals surface area contributed by atoms with Crippen LogP contribution in [0.25, 0.3) is 33.0 Å². The van der Waals surface area contributed by atoms with E-state index in [0.29, 0.717) is 12.5 Å². The van der Waals surface area contributed by atoms with Gasteiger partial charge in [0.05, 0.1) is 5.69 Å². The monoisotopic (exact) mass is 504 g/mol. The van der Waals surface area contributed by atoms with Gasteiger partial charge in [-0.2, -0.15) is 0 Å². The summed E-state index contributed by atoms with van der Waals surface area (Å²) < 4.78 is 6.51. The molecule has 0 saturated carbocycles. The lowest BCUT2D eigenvalue weighted by Crippen LogP contribution is -2.23. The summed E-state index contributed by atoms with van der Waals surface area (Å²) in [6, 6.07) is 50.2. The molecule has 3 heteroatoms. The highest BCUT2D eigenvalue weighted by atomic mass is 16.5. The summed E-state index contributed by atoms with van der Waals surface area (Å²) in [5.74, 6) is 0.701. The summed E-state index contributed by atoms with van der Waals surface area (Å²) in [4.78, 5) is 6.55. The van der Waals surface area contributed by atoms with Crippen molar-refractivity contribution in [1.82, 2.24) is 0 Å². The van der Waals surface area contributed by atoms with E-state index in [9.17, 15) is 0 Å². The van der Waals surface area contributed by atoms with Crippen molar-refractivity contribution in [2.75, 3.05) is 11.6 Å². The van der Waals surface area contributed by atoms with Crippen molar-refractivity contribution < 1.29 is 4.74 Å². The molecule has 0 N–H and O–H groups in total. The summed E-state index contributed by atoms with van der Waals surface area (Å²) in [6.45, 7) is 4.13. The number of anilines is 2. The Kier molecular flexibility index (Phi) is 6.87. The van der Waals surface area contributed by atoms with Crippen molar-refractivity contribution in [2.45, 2.75) is 0 Å². The molecule has 0 aromatic heterocycles. The Morgan fingerprint density at radius 1 is 0.564 bits per heavy atom. The van der Waals surface area contributed by atoms with Crippen molar-refractivity contribution in [1.29, 1.82) is 0 Å². The summed E-state index contributed by atoms with van der Waals surface area (Å²) in [7, 11) is 0. The highest BCUT2D eigenvalue weighted by Gasteiger charge is 2.17. The van der Waals surface area contributed by atoms with Gasteiger partial charge in [-0.05, 0) is 53.1 Å². The van der Waals surface area contributed by atoms with Crippen LogP contribution in [-0.4, -0.2) is 13.4 Å². The van der Waals surface area contributed by atoms with Gasteiger partial charge in [0, 0.05) is 16.6 Å². The summed E-state index contributed by atoms with van der Waals surface area (Å²) >= 11 is 0. The van der Waals surface area contributed by atoms with E-state index in [1.807, 2.05) is 30.3 Å². The van der Waals surface area contributed by atoms with Gasteiger partial charge in [-0.3, -0.25) is 4.99 Å². The number of rotatable bonds is 8. The summed E-state index contributed by atoms with van der Waals surface area (Å²) in [5, 5.41) is 2.13. The minimum absolute atomic E-state index is 0.301. The highest BCUT2D eigenvalue weighted by Crippen LogP contribution is 2.39. The fraction of sp³-hybridized carbons (Fsp3) is 0.0278. The fourth-order valence-electron chi connectivity index (χ4n) is 4.97. The molecule has 0 atom stereocenters. The average Bonchev–Trinajstić information content (AvgIpc) is 3.02. The van der Waals surface area contributed by atoms with Crippen molar-refractivity contribution in [3.05, 3.63) is 146 Å². The third kappa shape index (κ3) is 5.03. The predicted molar refractivity (Wildman–Crippen MR) is 165 cm³/mol. The van der Waals surface area contributed by atoms with Crippen molar-refractivity contribution in [3.63, 3.8) is 0 Å². The van der Waals surface area contributed by atoms with Crippen LogP contribution in [0.1, 0.15) is 0 Å². The second-order valence-corrected chi connectivity index (χ2v) is 9.29. The Labute approximate surface area is 229 Å². The van der Waals surface area contributed by atoms with Gasteiger partial charge in [-0.25, -0.2) is 0 Å². The maximum Gasteiger partial charge on any atom is 0.165 e. The Morgan fingerprint density at radius 3 is 1.92 bits per heavy atom. The van der Waals surface area contributed by atoms with Crippen LogP contribution in [0.15, 0.2) is 151 Å². The number of aliphatic imine (C=N–C) groups is 1. The minimum atomic E-state index is 0.301. The number of ether oxygens (including phenoxy) is 1. The maximum atomic E-state index is 6.51. The van der Waals surface area contributed by atoms with Crippen LogP contribution in [0.3, 0.4) is 0 Å². The Balaban J connectivity index is 1.41. The largest absolute Gasteiger partial charge is 0.470 e. The van der Waals surface area contributed by atoms with Crippen LogP contribution < -0.4 is 9.64 Å². The van der Waals surface area contributed by atoms with Gasteiger partial charge in [0.1, 0.15) is 11.4 Å². The second-order valence-electron chi connectivity index (χ2n) is 9.29. The van der Waals surface area contributed by atoms with E-state index in [2.05, 4.69) is 132 Å². The van der Waals surface area contributed by atoms with Crippen LogP contribution >= 0.6 is 0 Å². The first-order valence-corrected chi connectivity index (χ1v) is 13.0. The molecule has 0 heterocycles. The third-order valence-corrected chi connectivity index (χ3v) is 6.94. The lowest BCUT2D eigenvalue weighted by Gasteiger charge is -2.28. The maximum absolute atomic E-state index is 6.51. The van der Waals surface area contributed by atoms with E-state index in [-0.39, 0.29) is 0 Å². The van der Waals surface area contributed by atoms with Crippen LogP contribution in [-0.2, 0) is 0 Å². The molecule has 0 amide bonds. The molecule has 6 aromatic carbocycles. The molecule has 0 spiro atoms. The van der Waals surface area contributed by atoms with Crippen LogP contribution in [0.5, 0.6) is 5.75 Å². The lowest BCUT2D eigenvalue weighted by atomic mass is 10.0. The Hall–Kier alpha value is -5.15. The lowest BCUT2D eigenvalue weighted by molar-refractivity contribution is 0.328. The molecular formula is C36H28N2O. The standard InChI is InChI=1S/C36H28N2O/c1-37-36-33-18-9-8-16-30(33)22-25-35(36)39-26-38(31-23-20-28(21-24-31)27-12-4-2-5-13-27)34-19-11-10-17-32(34)29-14-6-3-7-15-29/h2-25H,1,26H2. The predicted octanol–water partition coefficient (Wildman–Crippen LogP) is 9.68.